The maximum Gasteiger partial charge on any atom is 0.264 e. The van der Waals surface area contributed by atoms with Crippen LogP contribution in [0.15, 0.2) is 52.4 Å². The predicted octanol–water partition coefficient (Wildman–Crippen LogP) is 1.98. The number of rotatable bonds is 5. The third-order valence-electron chi connectivity index (χ3n) is 2.99. The number of nitrogens with one attached hydrogen (secondary N) is 1. The highest BCUT2D eigenvalue weighted by molar-refractivity contribution is 7.90. The Bertz CT molecular complexity index is 874. The van der Waals surface area contributed by atoms with Crippen molar-refractivity contribution in [1.82, 2.24) is 4.72 Å². The van der Waals surface area contributed by atoms with E-state index in [4.69, 9.17) is 4.74 Å². The molecule has 2 aromatic carbocycles. The van der Waals surface area contributed by atoms with E-state index in [2.05, 4.69) is 4.99 Å². The molecule has 0 fully saturated rings. The quantitative estimate of drug-likeness (QED) is 0.804. The van der Waals surface area contributed by atoms with Gasteiger partial charge in [-0.05, 0) is 48.0 Å². The van der Waals surface area contributed by atoms with Gasteiger partial charge in [0.25, 0.3) is 10.0 Å². The average molecular weight is 348 g/mol. The minimum absolute atomic E-state index is 0.0250. The molecule has 0 heterocycles. The summed E-state index contributed by atoms with van der Waals surface area (Å²) in [4.78, 5) is 15.1. The van der Waals surface area contributed by atoms with Gasteiger partial charge in [0.15, 0.2) is 11.5 Å². The van der Waals surface area contributed by atoms with Crippen molar-refractivity contribution >= 4 is 27.8 Å². The molecule has 2 aromatic rings. The van der Waals surface area contributed by atoms with Crippen molar-refractivity contribution in [3.8, 4) is 11.5 Å². The number of amides is 1. The first-order valence-electron chi connectivity index (χ1n) is 6.86. The molecule has 2 rings (SSSR count). The number of methoxy groups -OCH3 is 1. The molecular formula is C16H16N2O5S. The van der Waals surface area contributed by atoms with Gasteiger partial charge in [0, 0.05) is 13.1 Å². The number of nitrogens with zero attached hydrogens (tertiary/aromatic N) is 1. The van der Waals surface area contributed by atoms with E-state index in [1.165, 1.54) is 37.4 Å². The first-order chi connectivity index (χ1) is 11.3. The Kier molecular flexibility index (Phi) is 5.20. The van der Waals surface area contributed by atoms with Crippen LogP contribution in [0.25, 0.3) is 0 Å². The lowest BCUT2D eigenvalue weighted by atomic mass is 10.2. The van der Waals surface area contributed by atoms with Gasteiger partial charge in [-0.1, -0.05) is 0 Å². The first kappa shape index (κ1) is 17.5. The second-order valence-corrected chi connectivity index (χ2v) is 6.53. The summed E-state index contributed by atoms with van der Waals surface area (Å²) in [6.45, 7) is 1.13. The Labute approximate surface area is 139 Å². The molecular weight excluding hydrogens is 332 g/mol. The first-order valence-corrected chi connectivity index (χ1v) is 8.34. The summed E-state index contributed by atoms with van der Waals surface area (Å²) >= 11 is 0. The van der Waals surface area contributed by atoms with E-state index in [1.807, 2.05) is 4.72 Å². The molecule has 0 atom stereocenters. The summed E-state index contributed by atoms with van der Waals surface area (Å²) in [7, 11) is -2.40. The van der Waals surface area contributed by atoms with E-state index in [1.54, 1.807) is 18.3 Å². The fourth-order valence-electron chi connectivity index (χ4n) is 1.88. The number of carbonyl (C=O) groups excluding carboxylic acids is 1. The van der Waals surface area contributed by atoms with Crippen LogP contribution >= 0.6 is 0 Å². The van der Waals surface area contributed by atoms with Crippen LogP contribution in [-0.2, 0) is 14.8 Å². The number of aromatic hydroxyl groups is 1. The summed E-state index contributed by atoms with van der Waals surface area (Å²) in [5, 5.41) is 9.53. The van der Waals surface area contributed by atoms with Gasteiger partial charge in [0.1, 0.15) is 0 Å². The van der Waals surface area contributed by atoms with Crippen molar-refractivity contribution in [2.24, 2.45) is 4.99 Å². The van der Waals surface area contributed by atoms with Crippen molar-refractivity contribution in [2.45, 2.75) is 11.8 Å². The van der Waals surface area contributed by atoms with Crippen LogP contribution in [0.4, 0.5) is 5.69 Å². The van der Waals surface area contributed by atoms with Crippen molar-refractivity contribution < 1.29 is 23.1 Å². The van der Waals surface area contributed by atoms with Crippen LogP contribution in [0.2, 0.25) is 0 Å². The predicted molar refractivity (Wildman–Crippen MR) is 89.4 cm³/mol. The Morgan fingerprint density at radius 1 is 1.21 bits per heavy atom. The van der Waals surface area contributed by atoms with Crippen molar-refractivity contribution in [1.29, 1.82) is 0 Å². The summed E-state index contributed by atoms with van der Waals surface area (Å²) in [5.74, 6) is -0.295. The molecule has 0 aliphatic heterocycles. The third kappa shape index (κ3) is 4.32. The summed E-state index contributed by atoms with van der Waals surface area (Å²) in [6.07, 6.45) is 1.55. The number of benzene rings is 2. The van der Waals surface area contributed by atoms with E-state index in [0.29, 0.717) is 17.0 Å². The van der Waals surface area contributed by atoms with Crippen LogP contribution in [0.5, 0.6) is 11.5 Å². The molecule has 126 valence electrons. The van der Waals surface area contributed by atoms with Gasteiger partial charge in [-0.25, -0.2) is 13.1 Å². The number of hydrogen-bond acceptors (Lipinski definition) is 6. The Hall–Kier alpha value is -2.87. The maximum atomic E-state index is 11.8. The largest absolute Gasteiger partial charge is 0.504 e. The molecule has 0 spiro atoms. The van der Waals surface area contributed by atoms with Gasteiger partial charge in [0.2, 0.25) is 5.91 Å². The summed E-state index contributed by atoms with van der Waals surface area (Å²) in [5.41, 5.74) is 1.24. The number of aliphatic imine (C=N–C) groups is 1. The molecule has 0 aliphatic carbocycles. The molecule has 0 saturated carbocycles. The number of ether oxygens (including phenoxy) is 1. The van der Waals surface area contributed by atoms with Crippen LogP contribution in [0.3, 0.4) is 0 Å². The minimum Gasteiger partial charge on any atom is -0.504 e. The van der Waals surface area contributed by atoms with Gasteiger partial charge < -0.3 is 9.84 Å². The molecule has 0 saturated heterocycles. The topological polar surface area (TPSA) is 105 Å². The Balaban J connectivity index is 2.18. The fourth-order valence-corrected chi connectivity index (χ4v) is 2.87. The highest BCUT2D eigenvalue weighted by atomic mass is 32.2. The van der Waals surface area contributed by atoms with Crippen molar-refractivity contribution in [2.75, 3.05) is 7.11 Å². The van der Waals surface area contributed by atoms with E-state index in [-0.39, 0.29) is 10.6 Å². The van der Waals surface area contributed by atoms with E-state index >= 15 is 0 Å². The highest BCUT2D eigenvalue weighted by Crippen LogP contribution is 2.26. The number of hydrogen-bond donors (Lipinski definition) is 2. The van der Waals surface area contributed by atoms with Gasteiger partial charge >= 0.3 is 0 Å². The standard InChI is InChI=1S/C16H16N2O5S/c1-11(19)18-24(21,22)14-6-4-13(5-7-14)17-10-12-3-8-15(20)16(9-12)23-2/h3-10,20H,1-2H3,(H,18,19). The second-order valence-electron chi connectivity index (χ2n) is 4.85. The van der Waals surface area contributed by atoms with Gasteiger partial charge in [0.05, 0.1) is 17.7 Å². The van der Waals surface area contributed by atoms with E-state index in [9.17, 15) is 18.3 Å². The van der Waals surface area contributed by atoms with E-state index < -0.39 is 15.9 Å². The summed E-state index contributed by atoms with van der Waals surface area (Å²) in [6, 6.07) is 10.5. The molecule has 0 unspecified atom stereocenters. The molecule has 0 radical (unpaired) electrons. The zero-order valence-corrected chi connectivity index (χ0v) is 13.9. The molecule has 24 heavy (non-hydrogen) atoms. The molecule has 0 bridgehead atoms. The van der Waals surface area contributed by atoms with Crippen LogP contribution in [-0.4, -0.2) is 32.8 Å². The maximum absolute atomic E-state index is 11.8. The third-order valence-corrected chi connectivity index (χ3v) is 4.44. The lowest BCUT2D eigenvalue weighted by Crippen LogP contribution is -2.28. The van der Waals surface area contributed by atoms with Crippen LogP contribution < -0.4 is 9.46 Å². The lowest BCUT2D eigenvalue weighted by Gasteiger charge is -2.05. The van der Waals surface area contributed by atoms with Gasteiger partial charge in [-0.3, -0.25) is 9.79 Å². The average Bonchev–Trinajstić information content (AvgIpc) is 2.53. The Morgan fingerprint density at radius 2 is 1.88 bits per heavy atom. The lowest BCUT2D eigenvalue weighted by molar-refractivity contribution is -0.117. The fraction of sp³-hybridized carbons (Fsp3) is 0.125. The van der Waals surface area contributed by atoms with Crippen molar-refractivity contribution in [3.63, 3.8) is 0 Å². The summed E-state index contributed by atoms with van der Waals surface area (Å²) < 4.78 is 30.6. The number of phenolic OH excluding ortho intramolecular Hbond substituents is 1. The molecule has 2 N–H and O–H groups in total. The smallest absolute Gasteiger partial charge is 0.264 e. The monoisotopic (exact) mass is 348 g/mol. The molecule has 7 nitrogen and oxygen atoms in total. The molecule has 0 aliphatic rings. The van der Waals surface area contributed by atoms with Crippen LogP contribution in [0.1, 0.15) is 12.5 Å². The molecule has 0 aromatic heterocycles. The Morgan fingerprint density at radius 3 is 2.46 bits per heavy atom. The number of phenols is 1. The molecule has 1 amide bonds. The SMILES string of the molecule is COc1cc(C=Nc2ccc(S(=O)(=O)NC(C)=O)cc2)ccc1O. The van der Waals surface area contributed by atoms with Gasteiger partial charge in [-0.15, -0.1) is 0 Å². The van der Waals surface area contributed by atoms with Crippen LogP contribution in [0, 0.1) is 0 Å². The highest BCUT2D eigenvalue weighted by Gasteiger charge is 2.14. The van der Waals surface area contributed by atoms with E-state index in [0.717, 1.165) is 6.92 Å². The number of carbonyl (C=O) groups is 1. The molecule has 8 heteroatoms. The van der Waals surface area contributed by atoms with Gasteiger partial charge in [-0.2, -0.15) is 0 Å². The second kappa shape index (κ2) is 7.14. The van der Waals surface area contributed by atoms with Crippen molar-refractivity contribution in [3.05, 3.63) is 48.0 Å². The minimum atomic E-state index is -3.85. The normalized spacial score (nSPS) is 11.4. The number of sulfonamides is 1. The zero-order chi connectivity index (χ0) is 17.7. The zero-order valence-electron chi connectivity index (χ0n) is 13.1.